The zero-order valence-corrected chi connectivity index (χ0v) is 12.6. The number of carbonyl (C=O) groups excluding carboxylic acids is 1. The summed E-state index contributed by atoms with van der Waals surface area (Å²) in [5, 5.41) is 0. The summed E-state index contributed by atoms with van der Waals surface area (Å²) in [5.41, 5.74) is 6.97. The van der Waals surface area contributed by atoms with Crippen LogP contribution in [0.15, 0.2) is 22.7 Å². The first-order chi connectivity index (χ1) is 9.09. The number of nitrogens with two attached hydrogens (primary N) is 1. The van der Waals surface area contributed by atoms with E-state index in [9.17, 15) is 4.79 Å². The number of nitrogen functional groups attached to an aromatic ring is 1. The predicted molar refractivity (Wildman–Crippen MR) is 79.1 cm³/mol. The molecule has 1 unspecified atom stereocenters. The summed E-state index contributed by atoms with van der Waals surface area (Å²) in [5.74, 6) is -0.0339. The molecule has 0 saturated carbocycles. The van der Waals surface area contributed by atoms with Gasteiger partial charge < -0.3 is 15.4 Å². The summed E-state index contributed by atoms with van der Waals surface area (Å²) < 4.78 is 6.32. The Labute approximate surface area is 122 Å². The summed E-state index contributed by atoms with van der Waals surface area (Å²) in [6.45, 7) is 1.43. The van der Waals surface area contributed by atoms with E-state index in [0.29, 0.717) is 22.3 Å². The second-order valence-corrected chi connectivity index (χ2v) is 5.68. The topological polar surface area (TPSA) is 55.6 Å². The Morgan fingerprint density at radius 2 is 2.32 bits per heavy atom. The number of carbonyl (C=O) groups is 1. The molecule has 1 saturated heterocycles. The monoisotopic (exact) mass is 326 g/mol. The molecule has 104 valence electrons. The minimum Gasteiger partial charge on any atom is -0.398 e. The predicted octanol–water partition coefficient (Wildman–Crippen LogP) is 2.67. The van der Waals surface area contributed by atoms with E-state index in [1.807, 2.05) is 0 Å². The van der Waals surface area contributed by atoms with Crippen molar-refractivity contribution in [3.8, 4) is 0 Å². The average molecular weight is 327 g/mol. The average Bonchev–Trinajstić information content (AvgIpc) is 2.42. The zero-order valence-electron chi connectivity index (χ0n) is 11.1. The lowest BCUT2D eigenvalue weighted by molar-refractivity contribution is -0.000202. The number of nitrogens with zero attached hydrogens (tertiary/aromatic N) is 1. The first-order valence-corrected chi connectivity index (χ1v) is 7.30. The summed E-state index contributed by atoms with van der Waals surface area (Å²) in [7, 11) is 1.80. The van der Waals surface area contributed by atoms with Gasteiger partial charge in [0.15, 0.2) is 0 Å². The van der Waals surface area contributed by atoms with Gasteiger partial charge in [0.05, 0.1) is 16.1 Å². The van der Waals surface area contributed by atoms with Gasteiger partial charge in [-0.05, 0) is 47.3 Å². The fraction of sp³-hybridized carbons (Fsp3) is 0.500. The minimum absolute atomic E-state index is 0.0339. The molecule has 1 aliphatic heterocycles. The lowest BCUT2D eigenvalue weighted by atomic mass is 10.1. The van der Waals surface area contributed by atoms with Crippen molar-refractivity contribution in [3.63, 3.8) is 0 Å². The molecule has 1 amide bonds. The van der Waals surface area contributed by atoms with Crippen LogP contribution in [0.1, 0.15) is 29.6 Å². The van der Waals surface area contributed by atoms with Crippen molar-refractivity contribution in [2.24, 2.45) is 0 Å². The molecule has 1 fully saturated rings. The number of ether oxygens (including phenoxy) is 1. The maximum atomic E-state index is 12.4. The molecule has 0 radical (unpaired) electrons. The van der Waals surface area contributed by atoms with E-state index in [4.69, 9.17) is 10.5 Å². The lowest BCUT2D eigenvalue weighted by Crippen LogP contribution is -2.37. The molecular weight excluding hydrogens is 308 g/mol. The van der Waals surface area contributed by atoms with Gasteiger partial charge in [0.2, 0.25) is 0 Å². The van der Waals surface area contributed by atoms with Crippen LogP contribution >= 0.6 is 15.9 Å². The maximum Gasteiger partial charge on any atom is 0.254 e. The van der Waals surface area contributed by atoms with Crippen LogP contribution in [0, 0.1) is 0 Å². The van der Waals surface area contributed by atoms with Gasteiger partial charge >= 0.3 is 0 Å². The second-order valence-electron chi connectivity index (χ2n) is 4.88. The molecule has 1 aromatic rings. The van der Waals surface area contributed by atoms with Gasteiger partial charge in [0.1, 0.15) is 0 Å². The van der Waals surface area contributed by atoms with Gasteiger partial charge in [-0.2, -0.15) is 0 Å². The number of likely N-dealkylation sites (N-methyl/N-ethyl adjacent to an activating group) is 1. The Bertz CT molecular complexity index is 459. The van der Waals surface area contributed by atoms with Crippen LogP contribution in [-0.2, 0) is 4.74 Å². The number of hydrogen-bond acceptors (Lipinski definition) is 3. The third-order valence-electron chi connectivity index (χ3n) is 3.36. The highest BCUT2D eigenvalue weighted by Crippen LogP contribution is 2.25. The molecule has 5 heteroatoms. The van der Waals surface area contributed by atoms with Gasteiger partial charge in [0, 0.05) is 25.9 Å². The Kier molecular flexibility index (Phi) is 4.82. The number of halogens is 1. The Morgan fingerprint density at radius 1 is 1.53 bits per heavy atom. The molecule has 1 aromatic carbocycles. The van der Waals surface area contributed by atoms with E-state index in [-0.39, 0.29) is 12.0 Å². The minimum atomic E-state index is -0.0339. The molecule has 2 N–H and O–H groups in total. The third-order valence-corrected chi connectivity index (χ3v) is 4.24. The molecule has 0 aliphatic carbocycles. The van der Waals surface area contributed by atoms with Crippen LogP contribution in [0.3, 0.4) is 0 Å². The van der Waals surface area contributed by atoms with Crippen molar-refractivity contribution in [2.45, 2.75) is 25.4 Å². The number of amides is 1. The first-order valence-electron chi connectivity index (χ1n) is 6.50. The highest BCUT2D eigenvalue weighted by Gasteiger charge is 2.21. The van der Waals surface area contributed by atoms with Crippen LogP contribution < -0.4 is 5.73 Å². The Morgan fingerprint density at radius 3 is 3.00 bits per heavy atom. The first kappa shape index (κ1) is 14.3. The summed E-state index contributed by atoms with van der Waals surface area (Å²) in [4.78, 5) is 14.1. The van der Waals surface area contributed by atoms with Crippen LogP contribution in [-0.4, -0.2) is 37.1 Å². The molecule has 0 bridgehead atoms. The molecule has 1 atom stereocenters. The number of anilines is 1. The van der Waals surface area contributed by atoms with E-state index in [1.165, 1.54) is 6.42 Å². The van der Waals surface area contributed by atoms with E-state index >= 15 is 0 Å². The van der Waals surface area contributed by atoms with Gasteiger partial charge in [-0.1, -0.05) is 6.07 Å². The van der Waals surface area contributed by atoms with E-state index in [2.05, 4.69) is 15.9 Å². The highest BCUT2D eigenvalue weighted by molar-refractivity contribution is 9.10. The van der Waals surface area contributed by atoms with Gasteiger partial charge in [-0.25, -0.2) is 0 Å². The lowest BCUT2D eigenvalue weighted by Gasteiger charge is -2.27. The van der Waals surface area contributed by atoms with Crippen molar-refractivity contribution in [2.75, 3.05) is 25.9 Å². The largest absolute Gasteiger partial charge is 0.398 e. The molecule has 0 aromatic heterocycles. The Balaban J connectivity index is 2.03. The smallest absolute Gasteiger partial charge is 0.254 e. The van der Waals surface area contributed by atoms with Gasteiger partial charge in [-0.3, -0.25) is 4.79 Å². The molecule has 0 spiro atoms. The number of benzene rings is 1. The molecule has 1 heterocycles. The van der Waals surface area contributed by atoms with Crippen molar-refractivity contribution in [1.29, 1.82) is 0 Å². The number of hydrogen-bond donors (Lipinski definition) is 1. The fourth-order valence-electron chi connectivity index (χ4n) is 2.26. The standard InChI is InChI=1S/C14H19BrN2O2/c1-17(9-10-5-2-3-8-19-10)14(18)11-6-4-7-12(16)13(11)15/h4,6-7,10H,2-3,5,8-9,16H2,1H3. The zero-order chi connectivity index (χ0) is 13.8. The van der Waals surface area contributed by atoms with Gasteiger partial charge in [-0.15, -0.1) is 0 Å². The quantitative estimate of drug-likeness (QED) is 0.869. The van der Waals surface area contributed by atoms with Gasteiger partial charge in [0.25, 0.3) is 5.91 Å². The Hall–Kier alpha value is -1.07. The van der Waals surface area contributed by atoms with E-state index in [0.717, 1.165) is 19.4 Å². The van der Waals surface area contributed by atoms with E-state index in [1.54, 1.807) is 30.1 Å². The van der Waals surface area contributed by atoms with Crippen LogP contribution in [0.5, 0.6) is 0 Å². The highest BCUT2D eigenvalue weighted by atomic mass is 79.9. The van der Waals surface area contributed by atoms with Crippen LogP contribution in [0.4, 0.5) is 5.69 Å². The van der Waals surface area contributed by atoms with Crippen LogP contribution in [0.25, 0.3) is 0 Å². The molecule has 19 heavy (non-hydrogen) atoms. The second kappa shape index (κ2) is 6.39. The van der Waals surface area contributed by atoms with Crippen molar-refractivity contribution < 1.29 is 9.53 Å². The SMILES string of the molecule is CN(CC1CCCCO1)C(=O)c1cccc(N)c1Br. The van der Waals surface area contributed by atoms with Crippen molar-refractivity contribution >= 4 is 27.5 Å². The molecule has 2 rings (SSSR count). The van der Waals surface area contributed by atoms with Crippen molar-refractivity contribution in [1.82, 2.24) is 4.90 Å². The fourth-order valence-corrected chi connectivity index (χ4v) is 2.69. The third kappa shape index (κ3) is 3.48. The van der Waals surface area contributed by atoms with E-state index < -0.39 is 0 Å². The molecule has 4 nitrogen and oxygen atoms in total. The summed E-state index contributed by atoms with van der Waals surface area (Å²) >= 11 is 3.37. The normalized spacial score (nSPS) is 19.2. The summed E-state index contributed by atoms with van der Waals surface area (Å²) in [6, 6.07) is 5.34. The number of rotatable bonds is 3. The van der Waals surface area contributed by atoms with Crippen LogP contribution in [0.2, 0.25) is 0 Å². The molecule has 1 aliphatic rings. The van der Waals surface area contributed by atoms with Crippen molar-refractivity contribution in [3.05, 3.63) is 28.2 Å². The maximum absolute atomic E-state index is 12.4. The summed E-state index contributed by atoms with van der Waals surface area (Å²) in [6.07, 6.45) is 3.47. The molecular formula is C14H19BrN2O2.